The van der Waals surface area contributed by atoms with Crippen molar-refractivity contribution in [1.82, 2.24) is 0 Å². The van der Waals surface area contributed by atoms with Crippen molar-refractivity contribution in [2.45, 2.75) is 65.3 Å². The van der Waals surface area contributed by atoms with Crippen LogP contribution in [0.25, 0.3) is 6.08 Å². The van der Waals surface area contributed by atoms with Crippen LogP contribution < -0.4 is 14.2 Å². The lowest BCUT2D eigenvalue weighted by Gasteiger charge is -2.44. The third-order valence-electron chi connectivity index (χ3n) is 5.36. The van der Waals surface area contributed by atoms with Gasteiger partial charge in [-0.15, -0.1) is 0 Å². The van der Waals surface area contributed by atoms with Crippen LogP contribution in [0.5, 0.6) is 17.2 Å². The molecule has 1 heterocycles. The Morgan fingerprint density at radius 3 is 1.73 bits per heavy atom. The van der Waals surface area contributed by atoms with Crippen LogP contribution in [0.15, 0.2) is 18.2 Å². The Morgan fingerprint density at radius 1 is 0.732 bits per heavy atom. The van der Waals surface area contributed by atoms with E-state index in [1.54, 1.807) is 24.3 Å². The smallest absolute Gasteiger partial charge is 0.303 e. The van der Waals surface area contributed by atoms with Crippen LogP contribution in [-0.2, 0) is 52.4 Å². The second kappa shape index (κ2) is 15.5. The van der Waals surface area contributed by atoms with Gasteiger partial charge in [-0.05, 0) is 23.8 Å². The molecule has 1 aromatic rings. The maximum absolute atomic E-state index is 12.1. The Morgan fingerprint density at radius 2 is 1.24 bits per heavy atom. The molecule has 1 saturated heterocycles. The van der Waals surface area contributed by atoms with Gasteiger partial charge in [0.15, 0.2) is 23.7 Å². The quantitative estimate of drug-likeness (QED) is 0.258. The minimum atomic E-state index is -1.50. The second-order valence-electron chi connectivity index (χ2n) is 8.65. The molecule has 0 N–H and O–H groups in total. The Labute approximate surface area is 236 Å². The van der Waals surface area contributed by atoms with E-state index in [4.69, 9.17) is 42.6 Å². The van der Waals surface area contributed by atoms with Gasteiger partial charge in [-0.2, -0.15) is 0 Å². The van der Waals surface area contributed by atoms with Gasteiger partial charge in [0.05, 0.1) is 14.2 Å². The number of ether oxygens (including phenoxy) is 9. The molecule has 1 aliphatic rings. The molecule has 41 heavy (non-hydrogen) atoms. The minimum absolute atomic E-state index is 0.0213. The summed E-state index contributed by atoms with van der Waals surface area (Å²) in [6.07, 6.45) is -3.64. The molecule has 14 heteroatoms. The van der Waals surface area contributed by atoms with Crippen molar-refractivity contribution in [3.8, 4) is 17.2 Å². The molecule has 226 valence electrons. The molecule has 0 spiro atoms. The van der Waals surface area contributed by atoms with Crippen molar-refractivity contribution in [2.75, 3.05) is 27.4 Å². The molecule has 14 nitrogen and oxygen atoms in total. The molecule has 5 unspecified atom stereocenters. The summed E-state index contributed by atoms with van der Waals surface area (Å²) in [6.45, 7) is 5.43. The van der Waals surface area contributed by atoms with E-state index < -0.39 is 67.2 Å². The molecule has 1 aliphatic heterocycles. The van der Waals surface area contributed by atoms with E-state index in [0.29, 0.717) is 5.56 Å². The summed E-state index contributed by atoms with van der Waals surface area (Å²) >= 11 is 0. The van der Waals surface area contributed by atoms with Gasteiger partial charge < -0.3 is 42.6 Å². The molecule has 0 saturated carbocycles. The third kappa shape index (κ3) is 9.98. The number of esters is 5. The lowest BCUT2D eigenvalue weighted by atomic mass is 9.98. The Balaban J connectivity index is 2.56. The third-order valence-corrected chi connectivity index (χ3v) is 5.36. The number of carbonyl (C=O) groups is 5. The lowest BCUT2D eigenvalue weighted by Crippen LogP contribution is -2.63. The number of rotatable bonds is 12. The Kier molecular flexibility index (Phi) is 12.4. The first kappa shape index (κ1) is 32.9. The molecule has 0 aromatic heterocycles. The summed E-state index contributed by atoms with van der Waals surface area (Å²) in [4.78, 5) is 58.6. The molecule has 5 atom stereocenters. The highest BCUT2D eigenvalue weighted by Crippen LogP contribution is 2.41. The van der Waals surface area contributed by atoms with Crippen LogP contribution >= 0.6 is 0 Å². The molecule has 1 aromatic carbocycles. The fraction of sp³-hybridized carbons (Fsp3) is 0.519. The summed E-state index contributed by atoms with van der Waals surface area (Å²) in [7, 11) is 2.75. The summed E-state index contributed by atoms with van der Waals surface area (Å²) in [5, 5.41) is 0. The average Bonchev–Trinajstić information content (AvgIpc) is 2.88. The maximum atomic E-state index is 12.1. The van der Waals surface area contributed by atoms with E-state index in [-0.39, 0.29) is 23.9 Å². The van der Waals surface area contributed by atoms with Gasteiger partial charge in [0.25, 0.3) is 0 Å². The topological polar surface area (TPSA) is 168 Å². The van der Waals surface area contributed by atoms with Crippen molar-refractivity contribution in [3.63, 3.8) is 0 Å². The summed E-state index contributed by atoms with van der Waals surface area (Å²) in [5.41, 5.74) is 0.597. The molecule has 0 aliphatic carbocycles. The Hall–Kier alpha value is -4.33. The van der Waals surface area contributed by atoms with Gasteiger partial charge in [-0.25, -0.2) is 0 Å². The summed E-state index contributed by atoms with van der Waals surface area (Å²) < 4.78 is 49.3. The van der Waals surface area contributed by atoms with Crippen LogP contribution in [0.2, 0.25) is 0 Å². The van der Waals surface area contributed by atoms with Crippen molar-refractivity contribution < 1.29 is 66.6 Å². The standard InChI is InChI=1S/C27H34O14/c1-14(28)35-10-8-9-19-11-20(33-6)23(21(12-19)34-7)41-27-26(39-18(5)32)25(38-17(4)31)24(37-16(3)30)22(40-27)13-36-15(2)29/h8-9,11-12,22,24-27H,10,13H2,1-7H3/b9-8+. The average molecular weight is 583 g/mol. The second-order valence-corrected chi connectivity index (χ2v) is 8.65. The zero-order valence-corrected chi connectivity index (χ0v) is 23.8. The predicted molar refractivity (Wildman–Crippen MR) is 138 cm³/mol. The van der Waals surface area contributed by atoms with Crippen LogP contribution in [0.3, 0.4) is 0 Å². The molecular weight excluding hydrogens is 548 g/mol. The number of methoxy groups -OCH3 is 2. The largest absolute Gasteiger partial charge is 0.493 e. The lowest BCUT2D eigenvalue weighted by molar-refractivity contribution is -0.288. The van der Waals surface area contributed by atoms with Gasteiger partial charge in [-0.3, -0.25) is 24.0 Å². The fourth-order valence-corrected chi connectivity index (χ4v) is 3.86. The summed E-state index contributed by atoms with van der Waals surface area (Å²) in [6, 6.07) is 3.18. The highest BCUT2D eigenvalue weighted by atomic mass is 16.7. The van der Waals surface area contributed by atoms with E-state index in [1.807, 2.05) is 0 Å². The number of benzene rings is 1. The first-order valence-electron chi connectivity index (χ1n) is 12.4. The number of hydrogen-bond acceptors (Lipinski definition) is 14. The molecule has 0 amide bonds. The van der Waals surface area contributed by atoms with Crippen molar-refractivity contribution >= 4 is 35.9 Å². The maximum Gasteiger partial charge on any atom is 0.303 e. The van der Waals surface area contributed by atoms with Gasteiger partial charge in [0, 0.05) is 34.6 Å². The van der Waals surface area contributed by atoms with E-state index in [9.17, 15) is 24.0 Å². The van der Waals surface area contributed by atoms with Gasteiger partial charge >= 0.3 is 29.8 Å². The van der Waals surface area contributed by atoms with E-state index >= 15 is 0 Å². The number of hydrogen-bond donors (Lipinski definition) is 0. The van der Waals surface area contributed by atoms with Crippen LogP contribution in [0.4, 0.5) is 0 Å². The molecule has 2 rings (SSSR count). The molecule has 1 fully saturated rings. The first-order chi connectivity index (χ1) is 19.4. The normalized spacial score (nSPS) is 21.8. The fourth-order valence-electron chi connectivity index (χ4n) is 3.86. The van der Waals surface area contributed by atoms with Crippen molar-refractivity contribution in [2.24, 2.45) is 0 Å². The van der Waals surface area contributed by atoms with Crippen LogP contribution in [-0.4, -0.2) is 88.0 Å². The minimum Gasteiger partial charge on any atom is -0.493 e. The van der Waals surface area contributed by atoms with Crippen LogP contribution in [0.1, 0.15) is 40.2 Å². The van der Waals surface area contributed by atoms with Crippen LogP contribution in [0, 0.1) is 0 Å². The first-order valence-corrected chi connectivity index (χ1v) is 12.4. The van der Waals surface area contributed by atoms with Crippen molar-refractivity contribution in [3.05, 3.63) is 23.8 Å². The molecular formula is C27H34O14. The highest BCUT2D eigenvalue weighted by molar-refractivity contribution is 5.69. The van der Waals surface area contributed by atoms with Crippen molar-refractivity contribution in [1.29, 1.82) is 0 Å². The van der Waals surface area contributed by atoms with E-state index in [0.717, 1.165) is 20.8 Å². The monoisotopic (exact) mass is 582 g/mol. The Bertz CT molecular complexity index is 1120. The highest BCUT2D eigenvalue weighted by Gasteiger charge is 2.53. The zero-order chi connectivity index (χ0) is 30.7. The summed E-state index contributed by atoms with van der Waals surface area (Å²) in [5.74, 6) is -3.04. The van der Waals surface area contributed by atoms with E-state index in [1.165, 1.54) is 28.1 Å². The number of carbonyl (C=O) groups excluding carboxylic acids is 5. The van der Waals surface area contributed by atoms with Gasteiger partial charge in [-0.1, -0.05) is 6.08 Å². The van der Waals surface area contributed by atoms with Gasteiger partial charge in [0.2, 0.25) is 18.1 Å². The predicted octanol–water partition coefficient (Wildman–Crippen LogP) is 1.74. The molecule has 0 bridgehead atoms. The van der Waals surface area contributed by atoms with E-state index in [2.05, 4.69) is 0 Å². The van der Waals surface area contributed by atoms with Gasteiger partial charge in [0.1, 0.15) is 19.3 Å². The SMILES string of the molecule is COc1cc(/C=C/COC(C)=O)cc(OC)c1OC1OC(COC(C)=O)C(OC(C)=O)C(OC(C)=O)C1OC(C)=O. The molecule has 0 radical (unpaired) electrons. The zero-order valence-electron chi connectivity index (χ0n) is 23.8.